The van der Waals surface area contributed by atoms with Crippen LogP contribution in [0.4, 0.5) is 0 Å². The van der Waals surface area contributed by atoms with Crippen molar-refractivity contribution in [3.8, 4) is 0 Å². The average molecular weight is 281 g/mol. The molecule has 4 aliphatic rings. The summed E-state index contributed by atoms with van der Waals surface area (Å²) in [5, 5.41) is 11.8. The van der Waals surface area contributed by atoms with Gasteiger partial charge >= 0.3 is 0 Å². The van der Waals surface area contributed by atoms with Gasteiger partial charge in [-0.15, -0.1) is 0 Å². The van der Waals surface area contributed by atoms with E-state index >= 15 is 0 Å². The van der Waals surface area contributed by atoms with Crippen LogP contribution >= 0.6 is 0 Å². The molecule has 4 fully saturated rings. The summed E-state index contributed by atoms with van der Waals surface area (Å²) in [6, 6.07) is 0.731. The monoisotopic (exact) mass is 281 g/mol. The first-order valence-corrected chi connectivity index (χ1v) is 9.08. The molecule has 0 aromatic carbocycles. The third-order valence-electron chi connectivity index (χ3n) is 5.11. The van der Waals surface area contributed by atoms with Crippen LogP contribution in [0.15, 0.2) is 0 Å². The highest BCUT2D eigenvalue weighted by Crippen LogP contribution is 2.60. The number of hydrogen-bond donors (Lipinski definition) is 2. The Morgan fingerprint density at radius 1 is 0.950 bits per heavy atom. The first-order chi connectivity index (χ1) is 9.74. The molecule has 0 aromatic heterocycles. The minimum Gasteiger partial charge on any atom is -0.395 e. The van der Waals surface area contributed by atoms with Crippen LogP contribution in [0.2, 0.25) is 0 Å². The van der Waals surface area contributed by atoms with E-state index in [9.17, 15) is 0 Å². The topological polar surface area (TPSA) is 32.3 Å². The molecule has 20 heavy (non-hydrogen) atoms. The molecule has 0 atom stereocenters. The van der Waals surface area contributed by atoms with E-state index in [1.54, 1.807) is 0 Å². The largest absolute Gasteiger partial charge is 0.395 e. The van der Waals surface area contributed by atoms with Crippen molar-refractivity contribution >= 4 is 0 Å². The molecule has 0 heterocycles. The second-order valence-corrected chi connectivity index (χ2v) is 7.59. The van der Waals surface area contributed by atoms with Gasteiger partial charge in [-0.05, 0) is 37.0 Å². The van der Waals surface area contributed by atoms with E-state index in [0.717, 1.165) is 23.9 Å². The number of aliphatic hydroxyl groups excluding tert-OH is 1. The van der Waals surface area contributed by atoms with Crippen LogP contribution in [-0.4, -0.2) is 24.3 Å². The van der Waals surface area contributed by atoms with Crippen molar-refractivity contribution in [3.63, 3.8) is 0 Å². The molecule has 0 unspecified atom stereocenters. The summed E-state index contributed by atoms with van der Waals surface area (Å²) < 4.78 is 0. The van der Waals surface area contributed by atoms with Crippen molar-refractivity contribution < 1.29 is 5.11 Å². The fourth-order valence-corrected chi connectivity index (χ4v) is 3.29. The Labute approximate surface area is 125 Å². The van der Waals surface area contributed by atoms with E-state index in [1.165, 1.54) is 77.0 Å². The van der Waals surface area contributed by atoms with Crippen LogP contribution in [0, 0.1) is 11.3 Å². The summed E-state index contributed by atoms with van der Waals surface area (Å²) in [6.45, 7) is 3.42. The van der Waals surface area contributed by atoms with E-state index in [4.69, 9.17) is 5.11 Å². The molecule has 4 aliphatic carbocycles. The number of aliphatic hydroxyl groups is 1. The lowest BCUT2D eigenvalue weighted by Gasteiger charge is -2.36. The van der Waals surface area contributed by atoms with Gasteiger partial charge in [0.1, 0.15) is 0 Å². The van der Waals surface area contributed by atoms with Gasteiger partial charge in [0, 0.05) is 12.6 Å². The van der Waals surface area contributed by atoms with Crippen molar-refractivity contribution in [2.75, 3.05) is 13.2 Å². The van der Waals surface area contributed by atoms with Gasteiger partial charge in [0.05, 0.1) is 6.61 Å². The fraction of sp³-hybridized carbons (Fsp3) is 1.00. The number of nitrogens with one attached hydrogen (secondary N) is 1. The molecule has 0 radical (unpaired) electrons. The second kappa shape index (κ2) is 8.38. The zero-order valence-electron chi connectivity index (χ0n) is 13.5. The van der Waals surface area contributed by atoms with Crippen LogP contribution in [0.5, 0.6) is 0 Å². The molecular weight excluding hydrogens is 246 g/mol. The van der Waals surface area contributed by atoms with Gasteiger partial charge < -0.3 is 10.4 Å². The molecule has 0 aliphatic heterocycles. The molecule has 118 valence electrons. The van der Waals surface area contributed by atoms with Gasteiger partial charge in [-0.2, -0.15) is 0 Å². The zero-order valence-corrected chi connectivity index (χ0v) is 13.5. The molecule has 0 amide bonds. The summed E-state index contributed by atoms with van der Waals surface area (Å²) in [5.41, 5.74) is 0.799. The molecule has 2 N–H and O–H groups in total. The SMILES string of the molecule is C1CC1.CC1CCCCC1.OCCNC1CC2(CC2)C1. The van der Waals surface area contributed by atoms with E-state index in [1.807, 2.05) is 0 Å². The van der Waals surface area contributed by atoms with Crippen molar-refractivity contribution in [1.82, 2.24) is 5.32 Å². The highest BCUT2D eigenvalue weighted by molar-refractivity contribution is 5.06. The Morgan fingerprint density at radius 2 is 1.50 bits per heavy atom. The van der Waals surface area contributed by atoms with E-state index in [0.29, 0.717) is 0 Å². The van der Waals surface area contributed by atoms with Gasteiger partial charge in [0.15, 0.2) is 0 Å². The summed E-state index contributed by atoms with van der Waals surface area (Å²) in [6.07, 6.45) is 17.6. The lowest BCUT2D eigenvalue weighted by Crippen LogP contribution is -2.43. The van der Waals surface area contributed by atoms with Crippen LogP contribution in [0.3, 0.4) is 0 Å². The molecule has 0 aromatic rings. The third kappa shape index (κ3) is 6.58. The van der Waals surface area contributed by atoms with Crippen LogP contribution in [0.25, 0.3) is 0 Å². The molecule has 1 spiro atoms. The smallest absolute Gasteiger partial charge is 0.0556 e. The average Bonchev–Trinajstić information content (AvgIpc) is 3.30. The highest BCUT2D eigenvalue weighted by atomic mass is 16.3. The van der Waals surface area contributed by atoms with E-state index < -0.39 is 0 Å². The minimum atomic E-state index is 0.281. The Morgan fingerprint density at radius 3 is 1.85 bits per heavy atom. The zero-order chi connectivity index (χ0) is 14.3. The third-order valence-corrected chi connectivity index (χ3v) is 5.11. The van der Waals surface area contributed by atoms with Gasteiger partial charge in [0.25, 0.3) is 0 Å². The van der Waals surface area contributed by atoms with Gasteiger partial charge in [-0.3, -0.25) is 0 Å². The molecular formula is C18H35NO. The Hall–Kier alpha value is -0.0800. The molecule has 4 rings (SSSR count). The standard InChI is InChI=1S/C8H15NO.C7H14.C3H6/c10-4-3-9-7-5-8(6-7)1-2-8;1-7-5-3-2-4-6-7;1-2-3-1/h7,9-10H,1-6H2;7H,2-6H2,1H3;1-3H2. The highest BCUT2D eigenvalue weighted by Gasteiger charge is 2.52. The first kappa shape index (κ1) is 16.3. The lowest BCUT2D eigenvalue weighted by molar-refractivity contribution is 0.185. The molecule has 0 saturated heterocycles. The molecule has 2 heteroatoms. The van der Waals surface area contributed by atoms with Crippen molar-refractivity contribution in [3.05, 3.63) is 0 Å². The minimum absolute atomic E-state index is 0.281. The van der Waals surface area contributed by atoms with Crippen LogP contribution in [0.1, 0.15) is 84.0 Å². The van der Waals surface area contributed by atoms with Gasteiger partial charge in [0.2, 0.25) is 0 Å². The number of hydrogen-bond acceptors (Lipinski definition) is 2. The normalized spacial score (nSPS) is 26.7. The number of rotatable bonds is 3. The lowest BCUT2D eigenvalue weighted by atomic mass is 9.77. The summed E-state index contributed by atoms with van der Waals surface area (Å²) >= 11 is 0. The maximum Gasteiger partial charge on any atom is 0.0556 e. The van der Waals surface area contributed by atoms with Crippen molar-refractivity contribution in [2.24, 2.45) is 11.3 Å². The van der Waals surface area contributed by atoms with Crippen LogP contribution < -0.4 is 5.32 Å². The van der Waals surface area contributed by atoms with Gasteiger partial charge in [-0.1, -0.05) is 58.3 Å². The summed E-state index contributed by atoms with van der Waals surface area (Å²) in [5.74, 6) is 1.04. The quantitative estimate of drug-likeness (QED) is 0.810. The van der Waals surface area contributed by atoms with Crippen molar-refractivity contribution in [1.29, 1.82) is 0 Å². The maximum absolute atomic E-state index is 8.52. The molecule has 2 nitrogen and oxygen atoms in total. The maximum atomic E-state index is 8.52. The van der Waals surface area contributed by atoms with Crippen LogP contribution in [-0.2, 0) is 0 Å². The fourth-order valence-electron chi connectivity index (χ4n) is 3.29. The predicted molar refractivity (Wildman–Crippen MR) is 85.9 cm³/mol. The van der Waals surface area contributed by atoms with E-state index in [2.05, 4.69) is 12.2 Å². The summed E-state index contributed by atoms with van der Waals surface area (Å²) in [7, 11) is 0. The Balaban J connectivity index is 0.000000127. The second-order valence-electron chi connectivity index (χ2n) is 7.59. The van der Waals surface area contributed by atoms with Crippen molar-refractivity contribution in [2.45, 2.75) is 90.0 Å². The Bertz CT molecular complexity index is 243. The Kier molecular flexibility index (Phi) is 6.83. The van der Waals surface area contributed by atoms with Gasteiger partial charge in [-0.25, -0.2) is 0 Å². The predicted octanol–water partition coefficient (Wildman–Crippen LogP) is 4.27. The molecule has 0 bridgehead atoms. The van der Waals surface area contributed by atoms with E-state index in [-0.39, 0.29) is 6.61 Å². The molecule has 4 saturated carbocycles. The summed E-state index contributed by atoms with van der Waals surface area (Å²) in [4.78, 5) is 0. The first-order valence-electron chi connectivity index (χ1n) is 9.08.